The first-order valence-corrected chi connectivity index (χ1v) is 6.83. The number of rotatable bonds is 4. The Morgan fingerprint density at radius 1 is 1.29 bits per heavy atom. The molecule has 0 aromatic heterocycles. The van der Waals surface area contributed by atoms with E-state index in [1.807, 2.05) is 6.07 Å². The van der Waals surface area contributed by atoms with Gasteiger partial charge in [0.2, 0.25) is 0 Å². The van der Waals surface area contributed by atoms with Crippen LogP contribution in [0.2, 0.25) is 0 Å². The molecular formula is C15H24N2. The van der Waals surface area contributed by atoms with Crippen molar-refractivity contribution in [2.75, 3.05) is 25.4 Å². The first-order valence-electron chi connectivity index (χ1n) is 6.83. The summed E-state index contributed by atoms with van der Waals surface area (Å²) in [5, 5.41) is 0. The van der Waals surface area contributed by atoms with Gasteiger partial charge in [-0.2, -0.15) is 0 Å². The van der Waals surface area contributed by atoms with Gasteiger partial charge in [0.05, 0.1) is 0 Å². The first kappa shape index (κ1) is 12.4. The van der Waals surface area contributed by atoms with Gasteiger partial charge in [-0.15, -0.1) is 0 Å². The number of nitrogens with two attached hydrogens (primary N) is 1. The monoisotopic (exact) mass is 232 g/mol. The molecule has 2 heteroatoms. The number of hydrogen-bond donors (Lipinski definition) is 1. The molecule has 2 N–H and O–H groups in total. The summed E-state index contributed by atoms with van der Waals surface area (Å²) in [5.41, 5.74) is 9.91. The second kappa shape index (κ2) is 5.54. The molecule has 2 rings (SSSR count). The summed E-state index contributed by atoms with van der Waals surface area (Å²) in [5.74, 6) is 0.809. The van der Waals surface area contributed by atoms with E-state index >= 15 is 0 Å². The minimum atomic E-state index is 0.809. The normalized spacial score (nSPS) is 19.4. The zero-order valence-electron chi connectivity index (χ0n) is 11.1. The Labute approximate surface area is 105 Å². The second-order valence-corrected chi connectivity index (χ2v) is 5.08. The van der Waals surface area contributed by atoms with E-state index in [0.717, 1.165) is 31.1 Å². The Bertz CT molecular complexity index is 369. The minimum Gasteiger partial charge on any atom is -0.398 e. The summed E-state index contributed by atoms with van der Waals surface area (Å²) in [6.07, 6.45) is 3.66. The highest BCUT2D eigenvalue weighted by Crippen LogP contribution is 2.29. The number of anilines is 1. The molecular weight excluding hydrogens is 208 g/mol. The molecule has 1 unspecified atom stereocenters. The van der Waals surface area contributed by atoms with E-state index in [-0.39, 0.29) is 0 Å². The zero-order chi connectivity index (χ0) is 12.3. The van der Waals surface area contributed by atoms with Crippen molar-refractivity contribution >= 4 is 5.69 Å². The minimum absolute atomic E-state index is 0.809. The van der Waals surface area contributed by atoms with E-state index in [1.165, 1.54) is 30.5 Å². The Morgan fingerprint density at radius 2 is 2.06 bits per heavy atom. The molecule has 0 spiro atoms. The first-order chi connectivity index (χ1) is 8.24. The molecule has 0 radical (unpaired) electrons. The maximum Gasteiger partial charge on any atom is 0.0349 e. The summed E-state index contributed by atoms with van der Waals surface area (Å²) < 4.78 is 0. The average Bonchev–Trinajstić information content (AvgIpc) is 2.36. The lowest BCUT2D eigenvalue weighted by Gasteiger charge is -2.30. The van der Waals surface area contributed by atoms with Crippen LogP contribution in [-0.2, 0) is 12.8 Å². The van der Waals surface area contributed by atoms with Gasteiger partial charge in [0.25, 0.3) is 0 Å². The maximum absolute atomic E-state index is 6.03. The van der Waals surface area contributed by atoms with E-state index in [1.54, 1.807) is 0 Å². The van der Waals surface area contributed by atoms with Gasteiger partial charge in [0, 0.05) is 12.2 Å². The molecule has 0 fully saturated rings. The van der Waals surface area contributed by atoms with Crippen molar-refractivity contribution in [3.05, 3.63) is 29.3 Å². The van der Waals surface area contributed by atoms with Crippen molar-refractivity contribution < 1.29 is 0 Å². The van der Waals surface area contributed by atoms with Crippen molar-refractivity contribution in [1.29, 1.82) is 0 Å². The molecule has 2 nitrogen and oxygen atoms in total. The molecule has 1 aromatic carbocycles. The lowest BCUT2D eigenvalue weighted by atomic mass is 9.83. The van der Waals surface area contributed by atoms with Gasteiger partial charge in [-0.05, 0) is 55.5 Å². The lowest BCUT2D eigenvalue weighted by molar-refractivity contribution is 0.239. The summed E-state index contributed by atoms with van der Waals surface area (Å²) >= 11 is 0. The van der Waals surface area contributed by atoms with Gasteiger partial charge in [0.15, 0.2) is 0 Å². The third-order valence-corrected chi connectivity index (χ3v) is 4.03. The molecule has 1 aliphatic rings. The lowest BCUT2D eigenvalue weighted by Crippen LogP contribution is -2.32. The van der Waals surface area contributed by atoms with Crippen LogP contribution >= 0.6 is 0 Å². The summed E-state index contributed by atoms with van der Waals surface area (Å²) in [6.45, 7) is 8.06. The molecule has 0 heterocycles. The van der Waals surface area contributed by atoms with Crippen molar-refractivity contribution in [3.63, 3.8) is 0 Å². The van der Waals surface area contributed by atoms with Crippen LogP contribution in [0.5, 0.6) is 0 Å². The summed E-state index contributed by atoms with van der Waals surface area (Å²) in [6, 6.07) is 6.37. The van der Waals surface area contributed by atoms with E-state index in [0.29, 0.717) is 0 Å². The standard InChI is InChI=1S/C15H24N2/c1-3-17(4-2)11-12-8-9-14-13(10-12)6-5-7-15(14)16/h5-7,12H,3-4,8-11,16H2,1-2H3. The van der Waals surface area contributed by atoms with Crippen molar-refractivity contribution in [1.82, 2.24) is 4.90 Å². The van der Waals surface area contributed by atoms with Gasteiger partial charge in [-0.25, -0.2) is 0 Å². The average molecular weight is 232 g/mol. The van der Waals surface area contributed by atoms with Crippen LogP contribution in [0.1, 0.15) is 31.4 Å². The largest absolute Gasteiger partial charge is 0.398 e. The third kappa shape index (κ3) is 2.81. The zero-order valence-corrected chi connectivity index (χ0v) is 11.1. The van der Waals surface area contributed by atoms with Crippen LogP contribution in [0.4, 0.5) is 5.69 Å². The van der Waals surface area contributed by atoms with Crippen molar-refractivity contribution in [2.45, 2.75) is 33.1 Å². The molecule has 1 atom stereocenters. The van der Waals surface area contributed by atoms with Gasteiger partial charge in [0.1, 0.15) is 0 Å². The maximum atomic E-state index is 6.03. The van der Waals surface area contributed by atoms with Crippen LogP contribution in [0.15, 0.2) is 18.2 Å². The topological polar surface area (TPSA) is 29.3 Å². The summed E-state index contributed by atoms with van der Waals surface area (Å²) in [7, 11) is 0. The molecule has 0 saturated carbocycles. The van der Waals surface area contributed by atoms with Crippen LogP contribution in [0.25, 0.3) is 0 Å². The number of nitrogen functional groups attached to an aromatic ring is 1. The van der Waals surface area contributed by atoms with Gasteiger partial charge >= 0.3 is 0 Å². The third-order valence-electron chi connectivity index (χ3n) is 4.03. The summed E-state index contributed by atoms with van der Waals surface area (Å²) in [4.78, 5) is 2.53. The Hall–Kier alpha value is -1.02. The quantitative estimate of drug-likeness (QED) is 0.809. The predicted molar refractivity (Wildman–Crippen MR) is 74.2 cm³/mol. The number of benzene rings is 1. The molecule has 17 heavy (non-hydrogen) atoms. The fourth-order valence-corrected chi connectivity index (χ4v) is 2.91. The van der Waals surface area contributed by atoms with Gasteiger partial charge < -0.3 is 10.6 Å². The molecule has 0 saturated heterocycles. The van der Waals surface area contributed by atoms with Crippen molar-refractivity contribution in [2.24, 2.45) is 5.92 Å². The van der Waals surface area contributed by atoms with Crippen LogP contribution in [0, 0.1) is 5.92 Å². The van der Waals surface area contributed by atoms with E-state index in [9.17, 15) is 0 Å². The molecule has 0 amide bonds. The Kier molecular flexibility index (Phi) is 4.06. The molecule has 1 aliphatic carbocycles. The fourth-order valence-electron chi connectivity index (χ4n) is 2.91. The number of fused-ring (bicyclic) bond motifs is 1. The second-order valence-electron chi connectivity index (χ2n) is 5.08. The SMILES string of the molecule is CCN(CC)CC1CCc2c(N)cccc2C1. The van der Waals surface area contributed by atoms with E-state index in [4.69, 9.17) is 5.73 Å². The highest BCUT2D eigenvalue weighted by molar-refractivity contribution is 5.52. The van der Waals surface area contributed by atoms with Crippen LogP contribution in [0.3, 0.4) is 0 Å². The molecule has 0 bridgehead atoms. The Morgan fingerprint density at radius 3 is 2.76 bits per heavy atom. The molecule has 1 aromatic rings. The highest BCUT2D eigenvalue weighted by Gasteiger charge is 2.21. The number of nitrogens with zero attached hydrogens (tertiary/aromatic N) is 1. The molecule has 0 aliphatic heterocycles. The van der Waals surface area contributed by atoms with E-state index < -0.39 is 0 Å². The van der Waals surface area contributed by atoms with Crippen molar-refractivity contribution in [3.8, 4) is 0 Å². The molecule has 94 valence electrons. The van der Waals surface area contributed by atoms with Gasteiger partial charge in [-0.3, -0.25) is 0 Å². The fraction of sp³-hybridized carbons (Fsp3) is 0.600. The van der Waals surface area contributed by atoms with E-state index in [2.05, 4.69) is 30.9 Å². The smallest absolute Gasteiger partial charge is 0.0349 e. The van der Waals surface area contributed by atoms with Crippen LogP contribution < -0.4 is 5.73 Å². The highest BCUT2D eigenvalue weighted by atomic mass is 15.1. The van der Waals surface area contributed by atoms with Gasteiger partial charge in [-0.1, -0.05) is 26.0 Å². The predicted octanol–water partition coefficient (Wildman–Crippen LogP) is 2.72. The van der Waals surface area contributed by atoms with Crippen LogP contribution in [-0.4, -0.2) is 24.5 Å². The Balaban J connectivity index is 2.03. The number of hydrogen-bond acceptors (Lipinski definition) is 2.